The highest BCUT2D eigenvalue weighted by Gasteiger charge is 2.26. The third-order valence-electron chi connectivity index (χ3n) is 5.66. The molecule has 1 aromatic carbocycles. The molecule has 4 heterocycles. The van der Waals surface area contributed by atoms with Crippen LogP contribution in [0, 0.1) is 5.92 Å². The molecule has 0 unspecified atom stereocenters. The van der Waals surface area contributed by atoms with Gasteiger partial charge in [0.25, 0.3) is 0 Å². The Morgan fingerprint density at radius 1 is 1.19 bits per heavy atom. The zero-order valence-corrected chi connectivity index (χ0v) is 17.2. The van der Waals surface area contributed by atoms with E-state index >= 15 is 0 Å². The molecule has 0 spiro atoms. The summed E-state index contributed by atoms with van der Waals surface area (Å²) < 4.78 is 7.07. The summed E-state index contributed by atoms with van der Waals surface area (Å²) in [6, 6.07) is 5.99. The molecule has 31 heavy (non-hydrogen) atoms. The molecule has 158 valence electrons. The van der Waals surface area contributed by atoms with E-state index in [4.69, 9.17) is 4.42 Å². The number of nitrogens with one attached hydrogen (secondary N) is 1. The number of hydrogen-bond donors (Lipinski definition) is 1. The van der Waals surface area contributed by atoms with Gasteiger partial charge in [0.15, 0.2) is 0 Å². The topological polar surface area (TPSA) is 102 Å². The van der Waals surface area contributed by atoms with Crippen molar-refractivity contribution in [3.63, 3.8) is 0 Å². The predicted molar refractivity (Wildman–Crippen MR) is 115 cm³/mol. The number of amides is 1. The predicted octanol–water partition coefficient (Wildman–Crippen LogP) is 2.87. The molecule has 1 N–H and O–H groups in total. The fraction of sp³-hybridized carbons (Fsp3) is 0.318. The van der Waals surface area contributed by atoms with E-state index in [0.29, 0.717) is 18.4 Å². The van der Waals surface area contributed by atoms with Gasteiger partial charge in [0.2, 0.25) is 17.7 Å². The first-order valence-corrected chi connectivity index (χ1v) is 10.3. The summed E-state index contributed by atoms with van der Waals surface area (Å²) in [5.74, 6) is 0.960. The first-order chi connectivity index (χ1) is 15.1. The molecular formula is C22H23N7O2. The van der Waals surface area contributed by atoms with Crippen LogP contribution in [0.4, 0.5) is 5.95 Å². The van der Waals surface area contributed by atoms with E-state index in [-0.39, 0.29) is 11.8 Å². The summed E-state index contributed by atoms with van der Waals surface area (Å²) in [5, 5.41) is 8.04. The van der Waals surface area contributed by atoms with Gasteiger partial charge in [-0.2, -0.15) is 5.10 Å². The van der Waals surface area contributed by atoms with Crippen LogP contribution in [0.25, 0.3) is 22.0 Å². The standard InChI is InChI=1S/C22H23N7O2/c1-28-13-18(12-25-28)16-2-3-17-11-24-22(26-19(17)10-16)27-21(30)15-4-7-29(8-5-15)14-20-23-6-9-31-20/h2-3,6,9-13,15H,4-5,7-8,14H2,1H3,(H,24,26,27,30). The van der Waals surface area contributed by atoms with Crippen LogP contribution in [0.15, 0.2) is 53.7 Å². The van der Waals surface area contributed by atoms with Gasteiger partial charge in [-0.05, 0) is 37.6 Å². The van der Waals surface area contributed by atoms with E-state index in [1.54, 1.807) is 23.3 Å². The zero-order chi connectivity index (χ0) is 21.2. The Morgan fingerprint density at radius 2 is 2.06 bits per heavy atom. The first-order valence-electron chi connectivity index (χ1n) is 10.3. The van der Waals surface area contributed by atoms with Gasteiger partial charge in [-0.1, -0.05) is 12.1 Å². The van der Waals surface area contributed by atoms with Crippen LogP contribution in [0.5, 0.6) is 0 Å². The van der Waals surface area contributed by atoms with E-state index in [1.165, 1.54) is 0 Å². The summed E-state index contributed by atoms with van der Waals surface area (Å²) in [6.07, 6.45) is 10.3. The summed E-state index contributed by atoms with van der Waals surface area (Å²) in [6.45, 7) is 2.33. The Labute approximate surface area is 179 Å². The fourth-order valence-electron chi connectivity index (χ4n) is 3.92. The maximum atomic E-state index is 12.8. The van der Waals surface area contributed by atoms with Crippen molar-refractivity contribution in [2.75, 3.05) is 18.4 Å². The summed E-state index contributed by atoms with van der Waals surface area (Å²) in [4.78, 5) is 28.1. The maximum Gasteiger partial charge on any atom is 0.229 e. The van der Waals surface area contributed by atoms with Crippen molar-refractivity contribution in [2.24, 2.45) is 13.0 Å². The molecule has 0 atom stereocenters. The smallest absolute Gasteiger partial charge is 0.229 e. The third-order valence-corrected chi connectivity index (χ3v) is 5.66. The lowest BCUT2D eigenvalue weighted by molar-refractivity contribution is -0.121. The Balaban J connectivity index is 1.24. The Hall–Kier alpha value is -3.59. The van der Waals surface area contributed by atoms with Gasteiger partial charge in [-0.15, -0.1) is 0 Å². The number of carbonyl (C=O) groups is 1. The number of rotatable bonds is 5. The molecule has 1 aliphatic rings. The Morgan fingerprint density at radius 3 is 2.81 bits per heavy atom. The van der Waals surface area contributed by atoms with Crippen molar-refractivity contribution in [1.82, 2.24) is 29.6 Å². The lowest BCUT2D eigenvalue weighted by Gasteiger charge is -2.30. The quantitative estimate of drug-likeness (QED) is 0.533. The van der Waals surface area contributed by atoms with Crippen LogP contribution in [0.2, 0.25) is 0 Å². The van der Waals surface area contributed by atoms with Gasteiger partial charge in [-0.3, -0.25) is 19.7 Å². The van der Waals surface area contributed by atoms with Gasteiger partial charge in [0.1, 0.15) is 6.26 Å². The van der Waals surface area contributed by atoms with Crippen LogP contribution in [-0.4, -0.2) is 48.6 Å². The number of hydrogen-bond acceptors (Lipinski definition) is 7. The summed E-state index contributed by atoms with van der Waals surface area (Å²) >= 11 is 0. The first kappa shape index (κ1) is 19.4. The van der Waals surface area contributed by atoms with Crippen molar-refractivity contribution in [3.8, 4) is 11.1 Å². The molecule has 1 aliphatic heterocycles. The van der Waals surface area contributed by atoms with Gasteiger partial charge in [0.05, 0.1) is 24.5 Å². The molecular weight excluding hydrogens is 394 g/mol. The normalized spacial score (nSPS) is 15.4. The number of oxazole rings is 1. The second-order valence-electron chi connectivity index (χ2n) is 7.84. The van der Waals surface area contributed by atoms with Crippen LogP contribution in [0.1, 0.15) is 18.7 Å². The molecule has 1 saturated heterocycles. The number of aromatic nitrogens is 5. The van der Waals surface area contributed by atoms with Crippen molar-refractivity contribution in [2.45, 2.75) is 19.4 Å². The molecule has 4 aromatic rings. The minimum Gasteiger partial charge on any atom is -0.448 e. The van der Waals surface area contributed by atoms with E-state index in [0.717, 1.165) is 48.0 Å². The molecule has 0 saturated carbocycles. The maximum absolute atomic E-state index is 12.8. The number of benzene rings is 1. The van der Waals surface area contributed by atoms with Crippen molar-refractivity contribution in [1.29, 1.82) is 0 Å². The van der Waals surface area contributed by atoms with Crippen LogP contribution < -0.4 is 5.32 Å². The summed E-state index contributed by atoms with van der Waals surface area (Å²) in [5.41, 5.74) is 2.83. The molecule has 9 nitrogen and oxygen atoms in total. The SMILES string of the molecule is Cn1cc(-c2ccc3cnc(NC(=O)C4CCN(Cc5ncco5)CC4)nc3c2)cn1. The third kappa shape index (κ3) is 4.31. The van der Waals surface area contributed by atoms with E-state index in [9.17, 15) is 4.79 Å². The average Bonchev–Trinajstić information content (AvgIpc) is 3.45. The second-order valence-corrected chi connectivity index (χ2v) is 7.84. The van der Waals surface area contributed by atoms with E-state index < -0.39 is 0 Å². The van der Waals surface area contributed by atoms with Crippen molar-refractivity contribution >= 4 is 22.8 Å². The van der Waals surface area contributed by atoms with Gasteiger partial charge in [-0.25, -0.2) is 15.0 Å². The number of nitrogens with zero attached hydrogens (tertiary/aromatic N) is 6. The summed E-state index contributed by atoms with van der Waals surface area (Å²) in [7, 11) is 1.89. The lowest BCUT2D eigenvalue weighted by Crippen LogP contribution is -2.38. The van der Waals surface area contributed by atoms with Crippen LogP contribution >= 0.6 is 0 Å². The molecule has 9 heteroatoms. The number of carbonyl (C=O) groups excluding carboxylic acids is 1. The molecule has 0 aliphatic carbocycles. The number of aryl methyl sites for hydroxylation is 1. The highest BCUT2D eigenvalue weighted by Crippen LogP contribution is 2.24. The Kier molecular flexibility index (Phi) is 5.17. The largest absolute Gasteiger partial charge is 0.448 e. The number of piperidine rings is 1. The molecule has 1 amide bonds. The average molecular weight is 417 g/mol. The lowest BCUT2D eigenvalue weighted by atomic mass is 9.96. The van der Waals surface area contributed by atoms with Gasteiger partial charge >= 0.3 is 0 Å². The number of fused-ring (bicyclic) bond motifs is 1. The van der Waals surface area contributed by atoms with Crippen LogP contribution in [-0.2, 0) is 18.4 Å². The highest BCUT2D eigenvalue weighted by atomic mass is 16.3. The second kappa shape index (κ2) is 8.27. The monoisotopic (exact) mass is 417 g/mol. The molecule has 5 rings (SSSR count). The van der Waals surface area contributed by atoms with E-state index in [1.807, 2.05) is 37.6 Å². The minimum absolute atomic E-state index is 0.0291. The molecule has 0 bridgehead atoms. The number of anilines is 1. The highest BCUT2D eigenvalue weighted by molar-refractivity contribution is 5.92. The molecule has 3 aromatic heterocycles. The van der Waals surface area contributed by atoms with Crippen molar-refractivity contribution < 1.29 is 9.21 Å². The van der Waals surface area contributed by atoms with Gasteiger partial charge < -0.3 is 4.42 Å². The van der Waals surface area contributed by atoms with Crippen molar-refractivity contribution in [3.05, 3.63) is 55.1 Å². The molecule has 1 fully saturated rings. The zero-order valence-electron chi connectivity index (χ0n) is 17.2. The minimum atomic E-state index is -0.0539. The van der Waals surface area contributed by atoms with Gasteiger partial charge in [0, 0.05) is 36.3 Å². The molecule has 0 radical (unpaired) electrons. The van der Waals surface area contributed by atoms with Crippen LogP contribution in [0.3, 0.4) is 0 Å². The fourth-order valence-corrected chi connectivity index (χ4v) is 3.92. The van der Waals surface area contributed by atoms with E-state index in [2.05, 4.69) is 30.3 Å². The Bertz CT molecular complexity index is 1190. The number of likely N-dealkylation sites (tertiary alicyclic amines) is 1.